The molecule has 0 saturated carbocycles. The molecule has 0 atom stereocenters. The summed E-state index contributed by atoms with van der Waals surface area (Å²) < 4.78 is 0. The van der Waals surface area contributed by atoms with E-state index < -0.39 is 0 Å². The van der Waals surface area contributed by atoms with Crippen molar-refractivity contribution < 1.29 is 0 Å². The summed E-state index contributed by atoms with van der Waals surface area (Å²) in [6.07, 6.45) is 3.63. The van der Waals surface area contributed by atoms with Gasteiger partial charge in [0.15, 0.2) is 0 Å². The highest BCUT2D eigenvalue weighted by Gasteiger charge is 2.06. The molecule has 2 aromatic heterocycles. The zero-order valence-electron chi connectivity index (χ0n) is 7.74. The third-order valence-electron chi connectivity index (χ3n) is 2.02. The number of hydrogen-bond acceptors (Lipinski definition) is 2. The summed E-state index contributed by atoms with van der Waals surface area (Å²) in [5.41, 5.74) is 1.39. The Morgan fingerprint density at radius 2 is 2.31 bits per heavy atom. The topological polar surface area (TPSA) is 28.7 Å². The minimum Gasteiger partial charge on any atom is -0.344 e. The Morgan fingerprint density at radius 1 is 1.46 bits per heavy atom. The minimum atomic E-state index is 0.597. The van der Waals surface area contributed by atoms with Crippen LogP contribution in [0.25, 0.3) is 10.7 Å². The molecule has 0 fully saturated rings. The fraction of sp³-hybridized carbons (Fsp3) is 0.300. The summed E-state index contributed by atoms with van der Waals surface area (Å²) in [6.45, 7) is 4.40. The number of aromatic nitrogens is 2. The molecule has 0 amide bonds. The molecule has 0 aliphatic carbocycles. The minimum absolute atomic E-state index is 0.597. The SMILES string of the molecule is CC(C)c1csc(-c2ncc[nH]2)c1. The number of H-pyrrole nitrogens is 1. The second-order valence-electron chi connectivity index (χ2n) is 3.34. The van der Waals surface area contributed by atoms with Gasteiger partial charge in [-0.3, -0.25) is 0 Å². The molecule has 2 rings (SSSR count). The molecule has 13 heavy (non-hydrogen) atoms. The molecule has 0 spiro atoms. The van der Waals surface area contributed by atoms with Crippen LogP contribution in [0.15, 0.2) is 23.8 Å². The van der Waals surface area contributed by atoms with E-state index in [1.165, 1.54) is 10.4 Å². The average Bonchev–Trinajstić information content (AvgIpc) is 2.75. The van der Waals surface area contributed by atoms with Crippen LogP contribution < -0.4 is 0 Å². The third kappa shape index (κ3) is 1.65. The standard InChI is InChI=1S/C10H12N2S/c1-7(2)8-5-9(13-6-8)10-11-3-4-12-10/h3-7H,1-2H3,(H,11,12). The zero-order chi connectivity index (χ0) is 9.26. The Labute approximate surface area is 81.7 Å². The maximum Gasteiger partial charge on any atom is 0.147 e. The summed E-state index contributed by atoms with van der Waals surface area (Å²) in [5.74, 6) is 1.57. The van der Waals surface area contributed by atoms with Gasteiger partial charge in [0, 0.05) is 12.4 Å². The summed E-state index contributed by atoms with van der Waals surface area (Å²) >= 11 is 1.74. The average molecular weight is 192 g/mol. The quantitative estimate of drug-likeness (QED) is 0.777. The van der Waals surface area contributed by atoms with Gasteiger partial charge in [-0.1, -0.05) is 13.8 Å². The van der Waals surface area contributed by atoms with E-state index >= 15 is 0 Å². The highest BCUT2D eigenvalue weighted by molar-refractivity contribution is 7.13. The van der Waals surface area contributed by atoms with Crippen molar-refractivity contribution >= 4 is 11.3 Å². The molecule has 0 saturated heterocycles. The Hall–Kier alpha value is -1.09. The van der Waals surface area contributed by atoms with Gasteiger partial charge in [-0.2, -0.15) is 0 Å². The van der Waals surface area contributed by atoms with Crippen molar-refractivity contribution in [3.05, 3.63) is 29.4 Å². The van der Waals surface area contributed by atoms with Gasteiger partial charge in [-0.05, 0) is 22.9 Å². The van der Waals surface area contributed by atoms with Gasteiger partial charge in [0.25, 0.3) is 0 Å². The fourth-order valence-electron chi connectivity index (χ4n) is 1.18. The summed E-state index contributed by atoms with van der Waals surface area (Å²) in [5, 5.41) is 2.20. The lowest BCUT2D eigenvalue weighted by atomic mass is 10.1. The van der Waals surface area contributed by atoms with Crippen molar-refractivity contribution in [2.24, 2.45) is 0 Å². The number of aromatic amines is 1. The predicted molar refractivity (Wildman–Crippen MR) is 56.0 cm³/mol. The molecular weight excluding hydrogens is 180 g/mol. The van der Waals surface area contributed by atoms with E-state index in [1.54, 1.807) is 17.5 Å². The number of hydrogen-bond donors (Lipinski definition) is 1. The summed E-state index contributed by atoms with van der Waals surface area (Å²) in [4.78, 5) is 8.54. The van der Waals surface area contributed by atoms with E-state index in [0.29, 0.717) is 5.92 Å². The molecule has 0 unspecified atom stereocenters. The molecular formula is C10H12N2S. The normalized spacial score (nSPS) is 11.0. The van der Waals surface area contributed by atoms with Crippen molar-refractivity contribution in [1.82, 2.24) is 9.97 Å². The van der Waals surface area contributed by atoms with Crippen LogP contribution in [0.3, 0.4) is 0 Å². The molecule has 2 nitrogen and oxygen atoms in total. The molecule has 0 aliphatic heterocycles. The monoisotopic (exact) mass is 192 g/mol. The van der Waals surface area contributed by atoms with Crippen LogP contribution in [0.4, 0.5) is 0 Å². The molecule has 0 bridgehead atoms. The maximum atomic E-state index is 4.21. The van der Waals surface area contributed by atoms with Crippen molar-refractivity contribution in [3.8, 4) is 10.7 Å². The Balaban J connectivity index is 2.33. The van der Waals surface area contributed by atoms with Crippen LogP contribution in [-0.2, 0) is 0 Å². The lowest BCUT2D eigenvalue weighted by Gasteiger charge is -1.97. The van der Waals surface area contributed by atoms with Gasteiger partial charge in [0.1, 0.15) is 5.82 Å². The lowest BCUT2D eigenvalue weighted by Crippen LogP contribution is -1.81. The van der Waals surface area contributed by atoms with Gasteiger partial charge < -0.3 is 4.98 Å². The first-order chi connectivity index (χ1) is 6.27. The number of nitrogens with zero attached hydrogens (tertiary/aromatic N) is 1. The lowest BCUT2D eigenvalue weighted by molar-refractivity contribution is 0.872. The van der Waals surface area contributed by atoms with Crippen molar-refractivity contribution in [2.45, 2.75) is 19.8 Å². The molecule has 0 aliphatic rings. The van der Waals surface area contributed by atoms with Crippen molar-refractivity contribution in [3.63, 3.8) is 0 Å². The summed E-state index contributed by atoms with van der Waals surface area (Å²) in [6, 6.07) is 2.20. The van der Waals surface area contributed by atoms with Crippen LogP contribution >= 0.6 is 11.3 Å². The molecule has 0 radical (unpaired) electrons. The van der Waals surface area contributed by atoms with Crippen molar-refractivity contribution in [2.75, 3.05) is 0 Å². The smallest absolute Gasteiger partial charge is 0.147 e. The number of imidazole rings is 1. The van der Waals surface area contributed by atoms with E-state index in [2.05, 4.69) is 35.3 Å². The first kappa shape index (κ1) is 8.51. The van der Waals surface area contributed by atoms with Gasteiger partial charge in [0.05, 0.1) is 4.88 Å². The molecule has 3 heteroatoms. The second-order valence-corrected chi connectivity index (χ2v) is 4.25. The summed E-state index contributed by atoms with van der Waals surface area (Å²) in [7, 11) is 0. The molecule has 1 N–H and O–H groups in total. The largest absolute Gasteiger partial charge is 0.344 e. The zero-order valence-corrected chi connectivity index (χ0v) is 8.56. The van der Waals surface area contributed by atoms with E-state index in [4.69, 9.17) is 0 Å². The Morgan fingerprint density at radius 3 is 2.85 bits per heavy atom. The van der Waals surface area contributed by atoms with Gasteiger partial charge in [-0.15, -0.1) is 11.3 Å². The number of nitrogens with one attached hydrogen (secondary N) is 1. The van der Waals surface area contributed by atoms with E-state index in [1.807, 2.05) is 6.20 Å². The van der Waals surface area contributed by atoms with Crippen LogP contribution in [-0.4, -0.2) is 9.97 Å². The molecule has 2 heterocycles. The number of thiophene rings is 1. The van der Waals surface area contributed by atoms with Crippen LogP contribution in [0.5, 0.6) is 0 Å². The second kappa shape index (κ2) is 3.34. The Kier molecular flexibility index (Phi) is 2.19. The Bertz CT molecular complexity index is 373. The van der Waals surface area contributed by atoms with E-state index in [9.17, 15) is 0 Å². The first-order valence-corrected chi connectivity index (χ1v) is 5.23. The molecule has 2 aromatic rings. The maximum absolute atomic E-state index is 4.21. The third-order valence-corrected chi connectivity index (χ3v) is 2.97. The predicted octanol–water partition coefficient (Wildman–Crippen LogP) is 3.26. The highest BCUT2D eigenvalue weighted by Crippen LogP contribution is 2.27. The van der Waals surface area contributed by atoms with E-state index in [0.717, 1.165) is 5.82 Å². The first-order valence-electron chi connectivity index (χ1n) is 4.35. The fourth-order valence-corrected chi connectivity index (χ4v) is 2.21. The molecule has 68 valence electrons. The van der Waals surface area contributed by atoms with Crippen LogP contribution in [0, 0.1) is 0 Å². The van der Waals surface area contributed by atoms with Gasteiger partial charge >= 0.3 is 0 Å². The van der Waals surface area contributed by atoms with Crippen LogP contribution in [0.1, 0.15) is 25.3 Å². The van der Waals surface area contributed by atoms with Crippen molar-refractivity contribution in [1.29, 1.82) is 0 Å². The van der Waals surface area contributed by atoms with Gasteiger partial charge in [0.2, 0.25) is 0 Å². The van der Waals surface area contributed by atoms with Gasteiger partial charge in [-0.25, -0.2) is 4.98 Å². The number of rotatable bonds is 2. The molecule has 0 aromatic carbocycles. The van der Waals surface area contributed by atoms with E-state index in [-0.39, 0.29) is 0 Å². The van der Waals surface area contributed by atoms with Crippen LogP contribution in [0.2, 0.25) is 0 Å². The highest BCUT2D eigenvalue weighted by atomic mass is 32.1.